The average Bonchev–Trinajstić information content (AvgIpc) is 2.33. The van der Waals surface area contributed by atoms with Gasteiger partial charge in [0.2, 0.25) is 0 Å². The highest BCUT2D eigenvalue weighted by molar-refractivity contribution is 5.79. The van der Waals surface area contributed by atoms with Crippen molar-refractivity contribution in [2.45, 2.75) is 65.7 Å². The summed E-state index contributed by atoms with van der Waals surface area (Å²) in [6, 6.07) is 6.32. The third-order valence-corrected chi connectivity index (χ3v) is 3.44. The predicted octanol–water partition coefficient (Wildman–Crippen LogP) is 4.64. The van der Waals surface area contributed by atoms with Gasteiger partial charge in [0.05, 0.1) is 0 Å². The minimum Gasteiger partial charge on any atom is -0.486 e. The summed E-state index contributed by atoms with van der Waals surface area (Å²) in [6.07, 6.45) is 0.519. The first-order valence-electron chi connectivity index (χ1n) is 7.35. The van der Waals surface area contributed by atoms with E-state index in [-0.39, 0.29) is 23.2 Å². The van der Waals surface area contributed by atoms with Crippen molar-refractivity contribution in [2.24, 2.45) is 0 Å². The van der Waals surface area contributed by atoms with Gasteiger partial charge in [0.25, 0.3) is 0 Å². The monoisotopic (exact) mass is 276 g/mol. The molecule has 0 saturated heterocycles. The molecule has 0 aliphatic carbocycles. The van der Waals surface area contributed by atoms with Crippen molar-refractivity contribution < 1.29 is 9.53 Å². The van der Waals surface area contributed by atoms with Gasteiger partial charge in [0.1, 0.15) is 12.4 Å². The number of carbonyl (C=O) groups excluding carboxylic acids is 1. The summed E-state index contributed by atoms with van der Waals surface area (Å²) in [7, 11) is 0. The first-order valence-corrected chi connectivity index (χ1v) is 7.35. The molecule has 0 bridgehead atoms. The summed E-state index contributed by atoms with van der Waals surface area (Å²) in [5, 5.41) is 0. The number of ether oxygens (including phenoxy) is 1. The van der Waals surface area contributed by atoms with Crippen LogP contribution in [0.4, 0.5) is 0 Å². The first-order chi connectivity index (χ1) is 9.05. The second-order valence-corrected chi connectivity index (χ2v) is 7.39. The van der Waals surface area contributed by atoms with Gasteiger partial charge in [0.15, 0.2) is 5.78 Å². The van der Waals surface area contributed by atoms with Gasteiger partial charge in [0, 0.05) is 6.42 Å². The zero-order valence-electron chi connectivity index (χ0n) is 14.0. The van der Waals surface area contributed by atoms with Crippen LogP contribution in [0.15, 0.2) is 18.2 Å². The standard InChI is InChI=1S/C18H28O2/c1-8-14(19)12-20-16-10-9-13(17(2,3)4)11-15(16)18(5,6)7/h9-11H,8,12H2,1-7H3. The van der Waals surface area contributed by atoms with Crippen molar-refractivity contribution in [3.05, 3.63) is 29.3 Å². The van der Waals surface area contributed by atoms with E-state index in [1.54, 1.807) is 0 Å². The zero-order chi connectivity index (χ0) is 15.6. The van der Waals surface area contributed by atoms with Crippen molar-refractivity contribution in [3.63, 3.8) is 0 Å². The van der Waals surface area contributed by atoms with E-state index in [4.69, 9.17) is 4.74 Å². The number of ketones is 1. The van der Waals surface area contributed by atoms with Crippen molar-refractivity contribution >= 4 is 5.78 Å². The maximum absolute atomic E-state index is 11.4. The molecule has 0 unspecified atom stereocenters. The highest BCUT2D eigenvalue weighted by atomic mass is 16.5. The molecule has 0 aliphatic rings. The second kappa shape index (κ2) is 5.99. The SMILES string of the molecule is CCC(=O)COc1ccc(C(C)(C)C)cc1C(C)(C)C. The number of hydrogen-bond acceptors (Lipinski definition) is 2. The van der Waals surface area contributed by atoms with Crippen molar-refractivity contribution in [1.82, 2.24) is 0 Å². The van der Waals surface area contributed by atoms with Crippen LogP contribution >= 0.6 is 0 Å². The fraction of sp³-hybridized carbons (Fsp3) is 0.611. The van der Waals surface area contributed by atoms with E-state index in [9.17, 15) is 4.79 Å². The minimum absolute atomic E-state index is 0.00808. The van der Waals surface area contributed by atoms with Crippen molar-refractivity contribution in [2.75, 3.05) is 6.61 Å². The van der Waals surface area contributed by atoms with Crippen LogP contribution in [-0.4, -0.2) is 12.4 Å². The lowest BCUT2D eigenvalue weighted by Crippen LogP contribution is -2.19. The van der Waals surface area contributed by atoms with E-state index in [1.807, 2.05) is 13.0 Å². The highest BCUT2D eigenvalue weighted by Crippen LogP contribution is 2.35. The van der Waals surface area contributed by atoms with Crippen LogP contribution in [0.5, 0.6) is 5.75 Å². The Morgan fingerprint density at radius 1 is 1.05 bits per heavy atom. The third-order valence-electron chi connectivity index (χ3n) is 3.44. The molecule has 112 valence electrons. The molecule has 2 nitrogen and oxygen atoms in total. The molecule has 0 saturated carbocycles. The molecule has 0 N–H and O–H groups in total. The largest absolute Gasteiger partial charge is 0.486 e. The molecule has 0 aromatic heterocycles. The quantitative estimate of drug-likeness (QED) is 0.800. The lowest BCUT2D eigenvalue weighted by molar-refractivity contribution is -0.120. The van der Waals surface area contributed by atoms with Crippen LogP contribution in [0.25, 0.3) is 0 Å². The first kappa shape index (κ1) is 16.7. The Bertz CT molecular complexity index is 473. The van der Waals surface area contributed by atoms with Crippen LogP contribution < -0.4 is 4.74 Å². The fourth-order valence-electron chi connectivity index (χ4n) is 1.97. The van der Waals surface area contributed by atoms with Crippen LogP contribution in [0.3, 0.4) is 0 Å². The van der Waals surface area contributed by atoms with Gasteiger partial charge in [-0.2, -0.15) is 0 Å². The molecule has 0 radical (unpaired) electrons. The Balaban J connectivity index is 3.15. The molecule has 1 aromatic rings. The summed E-state index contributed by atoms with van der Waals surface area (Å²) < 4.78 is 5.73. The van der Waals surface area contributed by atoms with Gasteiger partial charge in [-0.25, -0.2) is 0 Å². The zero-order valence-corrected chi connectivity index (χ0v) is 14.0. The fourth-order valence-corrected chi connectivity index (χ4v) is 1.97. The Morgan fingerprint density at radius 3 is 2.10 bits per heavy atom. The normalized spacial score (nSPS) is 12.3. The van der Waals surface area contributed by atoms with E-state index < -0.39 is 0 Å². The summed E-state index contributed by atoms with van der Waals surface area (Å²) in [4.78, 5) is 11.4. The van der Waals surface area contributed by atoms with Crippen LogP contribution in [0, 0.1) is 0 Å². The predicted molar refractivity (Wildman–Crippen MR) is 84.6 cm³/mol. The maximum atomic E-state index is 11.4. The number of hydrogen-bond donors (Lipinski definition) is 0. The molecule has 20 heavy (non-hydrogen) atoms. The molecule has 0 aliphatic heterocycles. The third kappa shape index (κ3) is 4.36. The Hall–Kier alpha value is -1.31. The average molecular weight is 276 g/mol. The number of rotatable bonds is 4. The van der Waals surface area contributed by atoms with E-state index >= 15 is 0 Å². The molecule has 1 rings (SSSR count). The molecule has 0 heterocycles. The van der Waals surface area contributed by atoms with Crippen LogP contribution in [0.1, 0.15) is 66.0 Å². The Kier molecular flexibility index (Phi) is 5.01. The summed E-state index contributed by atoms with van der Waals surface area (Å²) in [6.45, 7) is 15.1. The second-order valence-electron chi connectivity index (χ2n) is 7.39. The van der Waals surface area contributed by atoms with Crippen LogP contribution in [0.2, 0.25) is 0 Å². The summed E-state index contributed by atoms with van der Waals surface area (Å²) in [5.74, 6) is 0.956. The lowest BCUT2D eigenvalue weighted by Gasteiger charge is -2.27. The smallest absolute Gasteiger partial charge is 0.169 e. The van der Waals surface area contributed by atoms with Gasteiger partial charge in [-0.15, -0.1) is 0 Å². The minimum atomic E-state index is -0.00808. The molecule has 0 spiro atoms. The topological polar surface area (TPSA) is 26.3 Å². The van der Waals surface area contributed by atoms with Crippen molar-refractivity contribution in [3.8, 4) is 5.75 Å². The number of benzene rings is 1. The van der Waals surface area contributed by atoms with Gasteiger partial charge in [-0.3, -0.25) is 4.79 Å². The number of Topliss-reactive ketones (excluding diaryl/α,β-unsaturated/α-hetero) is 1. The van der Waals surface area contributed by atoms with E-state index in [0.29, 0.717) is 6.42 Å². The lowest BCUT2D eigenvalue weighted by atomic mass is 9.80. The summed E-state index contributed by atoms with van der Waals surface area (Å²) >= 11 is 0. The van der Waals surface area contributed by atoms with E-state index in [0.717, 1.165) is 11.3 Å². The number of carbonyl (C=O) groups is 1. The molecule has 0 amide bonds. The van der Waals surface area contributed by atoms with E-state index in [1.165, 1.54) is 5.56 Å². The molecular weight excluding hydrogens is 248 g/mol. The van der Waals surface area contributed by atoms with Gasteiger partial charge in [-0.05, 0) is 28.0 Å². The van der Waals surface area contributed by atoms with Crippen molar-refractivity contribution in [1.29, 1.82) is 0 Å². The molecule has 0 atom stereocenters. The van der Waals surface area contributed by atoms with Gasteiger partial charge >= 0.3 is 0 Å². The Morgan fingerprint density at radius 2 is 1.65 bits per heavy atom. The summed E-state index contributed by atoms with van der Waals surface area (Å²) in [5.41, 5.74) is 2.55. The highest BCUT2D eigenvalue weighted by Gasteiger charge is 2.23. The molecule has 1 aromatic carbocycles. The van der Waals surface area contributed by atoms with Crippen LogP contribution in [-0.2, 0) is 15.6 Å². The van der Waals surface area contributed by atoms with Gasteiger partial charge in [-0.1, -0.05) is 60.6 Å². The Labute approximate surface area is 123 Å². The molecule has 2 heteroatoms. The molecule has 0 fully saturated rings. The van der Waals surface area contributed by atoms with E-state index in [2.05, 4.69) is 53.7 Å². The van der Waals surface area contributed by atoms with Gasteiger partial charge < -0.3 is 4.74 Å². The maximum Gasteiger partial charge on any atom is 0.169 e. The molecular formula is C18H28O2.